The standard InChI is InChI=1S/C8H10Cl2N2O2S/c1-2-15(13,14)12-8-4-6(10)5(9)3-7(8)11/h3-4,12H,2,11H2,1H3. The Morgan fingerprint density at radius 1 is 1.33 bits per heavy atom. The van der Waals surface area contributed by atoms with Crippen molar-refractivity contribution in [1.29, 1.82) is 0 Å². The van der Waals surface area contributed by atoms with Crippen LogP contribution in [0.5, 0.6) is 0 Å². The van der Waals surface area contributed by atoms with E-state index in [9.17, 15) is 8.42 Å². The first-order valence-corrected chi connectivity index (χ1v) is 6.51. The Balaban J connectivity index is 3.12. The van der Waals surface area contributed by atoms with E-state index in [0.717, 1.165) is 0 Å². The summed E-state index contributed by atoms with van der Waals surface area (Å²) in [5.41, 5.74) is 6.06. The maximum Gasteiger partial charge on any atom is 0.232 e. The van der Waals surface area contributed by atoms with Crippen molar-refractivity contribution >= 4 is 44.6 Å². The number of nitrogen functional groups attached to an aromatic ring is 1. The van der Waals surface area contributed by atoms with Crippen LogP contribution in [0.4, 0.5) is 11.4 Å². The highest BCUT2D eigenvalue weighted by molar-refractivity contribution is 7.92. The molecule has 0 atom stereocenters. The van der Waals surface area contributed by atoms with Gasteiger partial charge in [-0.1, -0.05) is 23.2 Å². The number of hydrogen-bond acceptors (Lipinski definition) is 3. The minimum absolute atomic E-state index is 0.0350. The van der Waals surface area contributed by atoms with Gasteiger partial charge >= 0.3 is 0 Å². The molecule has 0 unspecified atom stereocenters. The maximum atomic E-state index is 11.3. The van der Waals surface area contributed by atoms with Crippen LogP contribution < -0.4 is 10.5 Å². The highest BCUT2D eigenvalue weighted by Gasteiger charge is 2.11. The van der Waals surface area contributed by atoms with Crippen LogP contribution in [0.25, 0.3) is 0 Å². The molecule has 0 saturated heterocycles. The molecule has 0 aliphatic carbocycles. The third-order valence-electron chi connectivity index (χ3n) is 1.74. The van der Waals surface area contributed by atoms with Gasteiger partial charge < -0.3 is 5.73 Å². The fourth-order valence-electron chi connectivity index (χ4n) is 0.890. The smallest absolute Gasteiger partial charge is 0.232 e. The molecule has 0 heterocycles. The summed E-state index contributed by atoms with van der Waals surface area (Å²) in [4.78, 5) is 0. The predicted octanol–water partition coefficient (Wildman–Crippen LogP) is 2.34. The summed E-state index contributed by atoms with van der Waals surface area (Å²) in [5, 5.41) is 0.535. The minimum atomic E-state index is -3.36. The van der Waals surface area contributed by atoms with Crippen molar-refractivity contribution in [3.8, 4) is 0 Å². The molecule has 0 aromatic heterocycles. The molecule has 15 heavy (non-hydrogen) atoms. The summed E-state index contributed by atoms with van der Waals surface area (Å²) in [6.07, 6.45) is 0. The zero-order valence-corrected chi connectivity index (χ0v) is 10.2. The highest BCUT2D eigenvalue weighted by atomic mass is 35.5. The Morgan fingerprint density at radius 2 is 1.87 bits per heavy atom. The first kappa shape index (κ1) is 12.4. The number of sulfonamides is 1. The molecule has 0 bridgehead atoms. The number of nitrogens with one attached hydrogen (secondary N) is 1. The highest BCUT2D eigenvalue weighted by Crippen LogP contribution is 2.31. The van der Waals surface area contributed by atoms with Gasteiger partial charge in [0.15, 0.2) is 0 Å². The van der Waals surface area contributed by atoms with E-state index in [1.807, 2.05) is 0 Å². The molecule has 0 aliphatic rings. The van der Waals surface area contributed by atoms with Crippen LogP contribution in [0.2, 0.25) is 10.0 Å². The van der Waals surface area contributed by atoms with Crippen LogP contribution in [0.1, 0.15) is 6.92 Å². The zero-order valence-electron chi connectivity index (χ0n) is 7.92. The SMILES string of the molecule is CCS(=O)(=O)Nc1cc(Cl)c(Cl)cc1N. The molecule has 1 aromatic rings. The molecule has 1 rings (SSSR count). The normalized spacial score (nSPS) is 11.4. The Hall–Kier alpha value is -0.650. The summed E-state index contributed by atoms with van der Waals surface area (Å²) in [6, 6.07) is 2.78. The lowest BCUT2D eigenvalue weighted by atomic mass is 10.3. The lowest BCUT2D eigenvalue weighted by Gasteiger charge is -2.09. The van der Waals surface area contributed by atoms with Crippen molar-refractivity contribution in [3.05, 3.63) is 22.2 Å². The van der Waals surface area contributed by atoms with Gasteiger partial charge in [0.05, 0.1) is 27.2 Å². The third kappa shape index (κ3) is 3.15. The van der Waals surface area contributed by atoms with E-state index in [0.29, 0.717) is 0 Å². The van der Waals surface area contributed by atoms with Gasteiger partial charge in [0.25, 0.3) is 0 Å². The molecule has 84 valence electrons. The fraction of sp³-hybridized carbons (Fsp3) is 0.250. The van der Waals surface area contributed by atoms with Crippen molar-refractivity contribution in [2.75, 3.05) is 16.2 Å². The first-order valence-electron chi connectivity index (χ1n) is 4.10. The van der Waals surface area contributed by atoms with E-state index >= 15 is 0 Å². The van der Waals surface area contributed by atoms with Gasteiger partial charge in [-0.25, -0.2) is 8.42 Å². The number of halogens is 2. The predicted molar refractivity (Wildman–Crippen MR) is 64.0 cm³/mol. The van der Waals surface area contributed by atoms with Gasteiger partial charge in [-0.05, 0) is 19.1 Å². The van der Waals surface area contributed by atoms with Crippen molar-refractivity contribution in [2.45, 2.75) is 6.92 Å². The zero-order chi connectivity index (χ0) is 11.6. The number of anilines is 2. The van der Waals surface area contributed by atoms with E-state index in [4.69, 9.17) is 28.9 Å². The number of rotatable bonds is 3. The molecule has 1 aromatic carbocycles. The molecule has 0 aliphatic heterocycles. The Kier molecular flexibility index (Phi) is 3.70. The topological polar surface area (TPSA) is 72.2 Å². The average Bonchev–Trinajstić information content (AvgIpc) is 2.14. The molecule has 0 fully saturated rings. The van der Waals surface area contributed by atoms with E-state index in [-0.39, 0.29) is 27.2 Å². The first-order chi connectivity index (χ1) is 6.85. The minimum Gasteiger partial charge on any atom is -0.397 e. The third-order valence-corrected chi connectivity index (χ3v) is 3.75. The van der Waals surface area contributed by atoms with E-state index in [1.165, 1.54) is 19.1 Å². The number of benzene rings is 1. The molecule has 0 spiro atoms. The van der Waals surface area contributed by atoms with Gasteiger partial charge in [-0.2, -0.15) is 0 Å². The van der Waals surface area contributed by atoms with E-state index < -0.39 is 10.0 Å². The largest absolute Gasteiger partial charge is 0.397 e. The van der Waals surface area contributed by atoms with Gasteiger partial charge in [-0.3, -0.25) is 4.72 Å². The molecule has 0 radical (unpaired) electrons. The van der Waals surface area contributed by atoms with Crippen molar-refractivity contribution in [2.24, 2.45) is 0 Å². The quantitative estimate of drug-likeness (QED) is 0.827. The van der Waals surface area contributed by atoms with Gasteiger partial charge in [0.1, 0.15) is 0 Å². The van der Waals surface area contributed by atoms with Crippen LogP contribution in [-0.2, 0) is 10.0 Å². The summed E-state index contributed by atoms with van der Waals surface area (Å²) in [6.45, 7) is 1.52. The van der Waals surface area contributed by atoms with Crippen LogP contribution in [-0.4, -0.2) is 14.2 Å². The van der Waals surface area contributed by atoms with Crippen LogP contribution in [0.15, 0.2) is 12.1 Å². The fourth-order valence-corrected chi connectivity index (χ4v) is 1.88. The summed E-state index contributed by atoms with van der Waals surface area (Å²) in [5.74, 6) is -0.0350. The van der Waals surface area contributed by atoms with Crippen molar-refractivity contribution in [1.82, 2.24) is 0 Å². The molecular formula is C8H10Cl2N2O2S. The van der Waals surface area contributed by atoms with Crippen molar-refractivity contribution < 1.29 is 8.42 Å². The number of nitrogens with two attached hydrogens (primary N) is 1. The Morgan fingerprint density at radius 3 is 2.40 bits per heavy atom. The van der Waals surface area contributed by atoms with Crippen LogP contribution >= 0.6 is 23.2 Å². The molecular weight excluding hydrogens is 259 g/mol. The van der Waals surface area contributed by atoms with Crippen LogP contribution in [0, 0.1) is 0 Å². The second-order valence-corrected chi connectivity index (χ2v) is 5.68. The molecule has 0 saturated carbocycles. The lowest BCUT2D eigenvalue weighted by Crippen LogP contribution is -2.15. The average molecular weight is 269 g/mol. The van der Waals surface area contributed by atoms with Crippen LogP contribution in [0.3, 0.4) is 0 Å². The van der Waals surface area contributed by atoms with Gasteiger partial charge in [0, 0.05) is 0 Å². The molecule has 3 N–H and O–H groups in total. The Labute approximate surface area is 98.4 Å². The second kappa shape index (κ2) is 4.47. The van der Waals surface area contributed by atoms with E-state index in [2.05, 4.69) is 4.72 Å². The summed E-state index contributed by atoms with van der Waals surface area (Å²) < 4.78 is 24.9. The Bertz CT molecular complexity index is 474. The van der Waals surface area contributed by atoms with Gasteiger partial charge in [0.2, 0.25) is 10.0 Å². The lowest BCUT2D eigenvalue weighted by molar-refractivity contribution is 0.602. The molecule has 0 amide bonds. The van der Waals surface area contributed by atoms with E-state index in [1.54, 1.807) is 0 Å². The number of hydrogen-bond donors (Lipinski definition) is 2. The summed E-state index contributed by atoms with van der Waals surface area (Å²) in [7, 11) is -3.36. The maximum absolute atomic E-state index is 11.3. The van der Waals surface area contributed by atoms with Crippen molar-refractivity contribution in [3.63, 3.8) is 0 Å². The second-order valence-electron chi connectivity index (χ2n) is 2.86. The monoisotopic (exact) mass is 268 g/mol. The van der Waals surface area contributed by atoms with Gasteiger partial charge in [-0.15, -0.1) is 0 Å². The molecule has 7 heteroatoms. The summed E-state index contributed by atoms with van der Waals surface area (Å²) >= 11 is 11.4. The molecule has 4 nitrogen and oxygen atoms in total.